The molecule has 3 aromatic rings. The Morgan fingerprint density at radius 3 is 2.39 bits per heavy atom. The number of hydrogen-bond donors (Lipinski definition) is 1. The van der Waals surface area contributed by atoms with Crippen LogP contribution in [0.4, 0.5) is 14.7 Å². The lowest BCUT2D eigenvalue weighted by Gasteiger charge is -2.32. The maximum absolute atomic E-state index is 14.1. The summed E-state index contributed by atoms with van der Waals surface area (Å²) in [6.45, 7) is 2.38. The van der Waals surface area contributed by atoms with Crippen LogP contribution in [0.5, 0.6) is 0 Å². The van der Waals surface area contributed by atoms with E-state index in [9.17, 15) is 13.6 Å². The smallest absolute Gasteiger partial charge is 0.223 e. The van der Waals surface area contributed by atoms with Crippen LogP contribution >= 0.6 is 23.2 Å². The van der Waals surface area contributed by atoms with Crippen molar-refractivity contribution in [1.29, 1.82) is 0 Å². The van der Waals surface area contributed by atoms with Gasteiger partial charge in [0.2, 0.25) is 11.9 Å². The minimum Gasteiger partial charge on any atom is -0.379 e. The number of nitrogens with zero attached hydrogens (tertiary/aromatic N) is 3. The summed E-state index contributed by atoms with van der Waals surface area (Å²) < 4.78 is 35.1. The van der Waals surface area contributed by atoms with Crippen molar-refractivity contribution in [3.63, 3.8) is 0 Å². The molecule has 1 unspecified atom stereocenters. The number of carbonyl (C=O) groups excluding carboxylic acids is 1. The molecule has 5 rings (SSSR count). The van der Waals surface area contributed by atoms with Crippen molar-refractivity contribution in [3.05, 3.63) is 52.0 Å². The fourth-order valence-corrected chi connectivity index (χ4v) is 4.82. The van der Waals surface area contributed by atoms with E-state index in [2.05, 4.69) is 5.32 Å². The molecule has 0 radical (unpaired) electrons. The van der Waals surface area contributed by atoms with Crippen LogP contribution < -0.4 is 10.2 Å². The Bertz CT molecular complexity index is 1180. The molecule has 3 heterocycles. The maximum atomic E-state index is 14.1. The number of ether oxygens (including phenoxy) is 1. The average molecular weight is 495 g/mol. The highest BCUT2D eigenvalue weighted by Gasteiger charge is 2.30. The van der Waals surface area contributed by atoms with Crippen molar-refractivity contribution >= 4 is 46.1 Å². The number of imidazole rings is 1. The summed E-state index contributed by atoms with van der Waals surface area (Å²) in [7, 11) is 0. The summed E-state index contributed by atoms with van der Waals surface area (Å²) in [5, 5.41) is 3.73. The predicted octanol–water partition coefficient (Wildman–Crippen LogP) is 4.73. The van der Waals surface area contributed by atoms with Gasteiger partial charge in [0, 0.05) is 31.7 Å². The summed E-state index contributed by atoms with van der Waals surface area (Å²) in [5.74, 6) is -0.913. The Kier molecular flexibility index (Phi) is 6.16. The molecule has 1 N–H and O–H groups in total. The molecule has 2 aliphatic heterocycles. The summed E-state index contributed by atoms with van der Waals surface area (Å²) >= 11 is 12.4. The molecule has 0 saturated carbocycles. The SMILES string of the molecule is O=C(NC1CCOC1)C1CCN(c2nc3cc(Cl)c(Cl)cc3n2-c2cc(F)cc(F)c2)CC1. The molecule has 2 fully saturated rings. The number of carbonyl (C=O) groups is 1. The van der Waals surface area contributed by atoms with Crippen molar-refractivity contribution in [1.82, 2.24) is 14.9 Å². The van der Waals surface area contributed by atoms with E-state index < -0.39 is 11.6 Å². The van der Waals surface area contributed by atoms with Crippen LogP contribution in [0.2, 0.25) is 10.0 Å². The number of hydrogen-bond acceptors (Lipinski definition) is 4. The number of piperidine rings is 1. The van der Waals surface area contributed by atoms with Crippen molar-refractivity contribution in [2.75, 3.05) is 31.2 Å². The molecule has 6 nitrogen and oxygen atoms in total. The summed E-state index contributed by atoms with van der Waals surface area (Å²) in [6.07, 6.45) is 2.12. The van der Waals surface area contributed by atoms with Gasteiger partial charge < -0.3 is 15.0 Å². The molecule has 1 atom stereocenters. The molecular formula is C23H22Cl2F2N4O2. The lowest BCUT2D eigenvalue weighted by molar-refractivity contribution is -0.126. The minimum absolute atomic E-state index is 0.0458. The molecule has 1 amide bonds. The zero-order chi connectivity index (χ0) is 23.1. The van der Waals surface area contributed by atoms with E-state index in [1.807, 2.05) is 4.90 Å². The lowest BCUT2D eigenvalue weighted by Crippen LogP contribution is -2.44. The Morgan fingerprint density at radius 1 is 1.03 bits per heavy atom. The molecule has 1 aromatic heterocycles. The second-order valence-electron chi connectivity index (χ2n) is 8.46. The van der Waals surface area contributed by atoms with E-state index >= 15 is 0 Å². The predicted molar refractivity (Wildman–Crippen MR) is 123 cm³/mol. The van der Waals surface area contributed by atoms with Crippen LogP contribution in [0.1, 0.15) is 19.3 Å². The monoisotopic (exact) mass is 494 g/mol. The first-order valence-corrected chi connectivity index (χ1v) is 11.6. The third-order valence-corrected chi connectivity index (χ3v) is 6.93. The fourth-order valence-electron chi connectivity index (χ4n) is 4.50. The van der Waals surface area contributed by atoms with E-state index in [-0.39, 0.29) is 17.9 Å². The van der Waals surface area contributed by atoms with Crippen LogP contribution in [0.25, 0.3) is 16.7 Å². The number of fused-ring (bicyclic) bond motifs is 1. The van der Waals surface area contributed by atoms with Gasteiger partial charge in [-0.3, -0.25) is 9.36 Å². The van der Waals surface area contributed by atoms with Crippen LogP contribution in [-0.2, 0) is 9.53 Å². The molecular weight excluding hydrogens is 473 g/mol. The second kappa shape index (κ2) is 9.08. The van der Waals surface area contributed by atoms with Crippen LogP contribution in [0.3, 0.4) is 0 Å². The molecule has 10 heteroatoms. The Labute approximate surface area is 199 Å². The van der Waals surface area contributed by atoms with Gasteiger partial charge in [0.05, 0.1) is 39.4 Å². The van der Waals surface area contributed by atoms with Crippen LogP contribution in [0.15, 0.2) is 30.3 Å². The fraction of sp³-hybridized carbons (Fsp3) is 0.391. The van der Waals surface area contributed by atoms with Crippen molar-refractivity contribution in [2.24, 2.45) is 5.92 Å². The quantitative estimate of drug-likeness (QED) is 0.569. The maximum Gasteiger partial charge on any atom is 0.223 e. The van der Waals surface area contributed by atoms with Gasteiger partial charge in [-0.2, -0.15) is 0 Å². The minimum atomic E-state index is -0.691. The van der Waals surface area contributed by atoms with Crippen molar-refractivity contribution in [3.8, 4) is 5.69 Å². The standard InChI is InChI=1S/C23H22Cl2F2N4O2/c24-18-10-20-21(11-19(18)25)31(17-8-14(26)7-15(27)9-17)23(29-20)30-4-1-13(2-5-30)22(32)28-16-3-6-33-12-16/h7-11,13,16H,1-6,12H2,(H,28,32). The largest absolute Gasteiger partial charge is 0.379 e. The summed E-state index contributed by atoms with van der Waals surface area (Å²) in [6, 6.07) is 6.68. The number of anilines is 1. The summed E-state index contributed by atoms with van der Waals surface area (Å²) in [5.41, 5.74) is 1.44. The van der Waals surface area contributed by atoms with Gasteiger partial charge in [0.25, 0.3) is 0 Å². The molecule has 33 heavy (non-hydrogen) atoms. The number of amides is 1. The second-order valence-corrected chi connectivity index (χ2v) is 9.27. The van der Waals surface area contributed by atoms with E-state index in [1.165, 1.54) is 12.1 Å². The molecule has 2 aliphatic rings. The van der Waals surface area contributed by atoms with Crippen molar-refractivity contribution in [2.45, 2.75) is 25.3 Å². The number of halogens is 4. The van der Waals surface area contributed by atoms with Gasteiger partial charge in [-0.1, -0.05) is 23.2 Å². The van der Waals surface area contributed by atoms with E-state index in [1.54, 1.807) is 16.7 Å². The Morgan fingerprint density at radius 2 is 1.73 bits per heavy atom. The zero-order valence-corrected chi connectivity index (χ0v) is 19.2. The van der Waals surface area contributed by atoms with Crippen LogP contribution in [-0.4, -0.2) is 47.8 Å². The molecule has 174 valence electrons. The zero-order valence-electron chi connectivity index (χ0n) is 17.7. The van der Waals surface area contributed by atoms with Crippen molar-refractivity contribution < 1.29 is 18.3 Å². The number of aromatic nitrogens is 2. The third-order valence-electron chi connectivity index (χ3n) is 6.21. The van der Waals surface area contributed by atoms with Gasteiger partial charge in [0.1, 0.15) is 11.6 Å². The molecule has 2 saturated heterocycles. The highest BCUT2D eigenvalue weighted by Crippen LogP contribution is 2.34. The number of benzene rings is 2. The van der Waals surface area contributed by atoms with E-state index in [4.69, 9.17) is 32.9 Å². The molecule has 0 spiro atoms. The number of nitrogens with one attached hydrogen (secondary N) is 1. The molecule has 2 aromatic carbocycles. The molecule has 0 aliphatic carbocycles. The first kappa shape index (κ1) is 22.4. The Hall–Kier alpha value is -2.42. The van der Waals surface area contributed by atoms with Gasteiger partial charge in [-0.25, -0.2) is 13.8 Å². The van der Waals surface area contributed by atoms with E-state index in [0.717, 1.165) is 12.5 Å². The van der Waals surface area contributed by atoms with E-state index in [0.29, 0.717) is 71.9 Å². The average Bonchev–Trinajstić information content (AvgIpc) is 3.41. The normalized spacial score (nSPS) is 19.4. The third kappa shape index (κ3) is 4.52. The highest BCUT2D eigenvalue weighted by atomic mass is 35.5. The van der Waals surface area contributed by atoms with Gasteiger partial charge in [-0.05, 0) is 43.5 Å². The first-order valence-electron chi connectivity index (χ1n) is 10.9. The Balaban J connectivity index is 1.45. The van der Waals surface area contributed by atoms with Gasteiger partial charge in [0.15, 0.2) is 0 Å². The van der Waals surface area contributed by atoms with Crippen LogP contribution in [0, 0.1) is 17.6 Å². The summed E-state index contributed by atoms with van der Waals surface area (Å²) in [4.78, 5) is 19.4. The topological polar surface area (TPSA) is 59.4 Å². The first-order chi connectivity index (χ1) is 15.9. The van der Waals surface area contributed by atoms with Gasteiger partial charge in [-0.15, -0.1) is 0 Å². The highest BCUT2D eigenvalue weighted by molar-refractivity contribution is 6.42. The lowest BCUT2D eigenvalue weighted by atomic mass is 9.95. The van der Waals surface area contributed by atoms with Gasteiger partial charge >= 0.3 is 0 Å². The number of rotatable bonds is 4. The molecule has 0 bridgehead atoms.